The monoisotopic (exact) mass is 153 g/mol. The van der Waals surface area contributed by atoms with E-state index in [0.29, 0.717) is 6.04 Å². The van der Waals surface area contributed by atoms with Crippen LogP contribution in [-0.2, 0) is 0 Å². The quantitative estimate of drug-likeness (QED) is 0.610. The van der Waals surface area contributed by atoms with Crippen molar-refractivity contribution in [2.75, 3.05) is 13.1 Å². The van der Waals surface area contributed by atoms with Gasteiger partial charge in [0.25, 0.3) is 0 Å². The number of nitrogens with zero attached hydrogens (tertiary/aromatic N) is 1. The first-order valence-corrected chi connectivity index (χ1v) is 4.10. The molecule has 0 amide bonds. The lowest BCUT2D eigenvalue weighted by Crippen LogP contribution is -2.61. The fraction of sp³-hybridized carbons (Fsp3) is 0.875. The van der Waals surface area contributed by atoms with E-state index in [1.165, 1.54) is 0 Å². The second kappa shape index (κ2) is 3.21. The summed E-state index contributed by atoms with van der Waals surface area (Å²) in [5, 5.41) is 15.3. The standard InChI is InChI=1S/C8H15N3/c1-3-8(2,6-9)11-7-4-10-5-7/h7,10-11H,3-5H2,1-2H3. The lowest BCUT2D eigenvalue weighted by atomic mass is 9.98. The van der Waals surface area contributed by atoms with Gasteiger partial charge in [0, 0.05) is 19.1 Å². The van der Waals surface area contributed by atoms with E-state index in [0.717, 1.165) is 19.5 Å². The minimum absolute atomic E-state index is 0.327. The van der Waals surface area contributed by atoms with Gasteiger partial charge in [0.2, 0.25) is 0 Å². The van der Waals surface area contributed by atoms with E-state index in [-0.39, 0.29) is 5.54 Å². The zero-order chi connectivity index (χ0) is 8.32. The minimum atomic E-state index is -0.327. The van der Waals surface area contributed by atoms with Crippen molar-refractivity contribution in [1.29, 1.82) is 5.26 Å². The van der Waals surface area contributed by atoms with Gasteiger partial charge in [-0.15, -0.1) is 0 Å². The lowest BCUT2D eigenvalue weighted by molar-refractivity contribution is 0.293. The Kier molecular flexibility index (Phi) is 2.48. The van der Waals surface area contributed by atoms with Crippen molar-refractivity contribution in [3.63, 3.8) is 0 Å². The molecule has 0 aromatic rings. The van der Waals surface area contributed by atoms with E-state index in [1.807, 2.05) is 13.8 Å². The van der Waals surface area contributed by atoms with Crippen LogP contribution in [0.15, 0.2) is 0 Å². The molecule has 0 radical (unpaired) electrons. The van der Waals surface area contributed by atoms with Crippen LogP contribution in [0, 0.1) is 11.3 Å². The summed E-state index contributed by atoms with van der Waals surface area (Å²) in [5.74, 6) is 0. The van der Waals surface area contributed by atoms with Gasteiger partial charge in [-0.05, 0) is 13.3 Å². The molecule has 1 atom stereocenters. The molecule has 0 aliphatic carbocycles. The highest BCUT2D eigenvalue weighted by molar-refractivity contribution is 5.05. The van der Waals surface area contributed by atoms with Crippen molar-refractivity contribution in [1.82, 2.24) is 10.6 Å². The third-order valence-corrected chi connectivity index (χ3v) is 2.26. The molecule has 1 heterocycles. The summed E-state index contributed by atoms with van der Waals surface area (Å²) in [7, 11) is 0. The Bertz CT molecular complexity index is 169. The Labute approximate surface area is 67.8 Å². The van der Waals surface area contributed by atoms with Crippen molar-refractivity contribution >= 4 is 0 Å². The van der Waals surface area contributed by atoms with Crippen LogP contribution in [0.4, 0.5) is 0 Å². The SMILES string of the molecule is CCC(C)(C#N)NC1CNC1. The van der Waals surface area contributed by atoms with Gasteiger partial charge in [0.1, 0.15) is 5.54 Å². The average Bonchev–Trinajstić information content (AvgIpc) is 1.97. The smallest absolute Gasteiger partial charge is 0.103 e. The summed E-state index contributed by atoms with van der Waals surface area (Å²) in [5.41, 5.74) is -0.327. The van der Waals surface area contributed by atoms with Crippen molar-refractivity contribution in [2.45, 2.75) is 31.8 Å². The van der Waals surface area contributed by atoms with Crippen LogP contribution < -0.4 is 10.6 Å². The summed E-state index contributed by atoms with van der Waals surface area (Å²) in [6.45, 7) is 5.97. The van der Waals surface area contributed by atoms with Crippen LogP contribution in [0.1, 0.15) is 20.3 Å². The highest BCUT2D eigenvalue weighted by atomic mass is 15.1. The minimum Gasteiger partial charge on any atom is -0.314 e. The van der Waals surface area contributed by atoms with E-state index in [2.05, 4.69) is 16.7 Å². The molecule has 3 nitrogen and oxygen atoms in total. The van der Waals surface area contributed by atoms with Crippen LogP contribution in [0.5, 0.6) is 0 Å². The first kappa shape index (κ1) is 8.51. The van der Waals surface area contributed by atoms with Crippen molar-refractivity contribution in [2.24, 2.45) is 0 Å². The molecule has 11 heavy (non-hydrogen) atoms. The van der Waals surface area contributed by atoms with Gasteiger partial charge in [-0.2, -0.15) is 5.26 Å². The molecular weight excluding hydrogens is 138 g/mol. The Morgan fingerprint density at radius 3 is 2.64 bits per heavy atom. The number of nitriles is 1. The molecule has 1 unspecified atom stereocenters. The highest BCUT2D eigenvalue weighted by Crippen LogP contribution is 2.09. The fourth-order valence-electron chi connectivity index (χ4n) is 1.05. The van der Waals surface area contributed by atoms with Crippen molar-refractivity contribution in [3.05, 3.63) is 0 Å². The van der Waals surface area contributed by atoms with Crippen molar-refractivity contribution in [3.8, 4) is 6.07 Å². The summed E-state index contributed by atoms with van der Waals surface area (Å²) in [4.78, 5) is 0. The number of hydrogen-bond donors (Lipinski definition) is 2. The third-order valence-electron chi connectivity index (χ3n) is 2.26. The first-order chi connectivity index (χ1) is 5.20. The predicted octanol–water partition coefficient (Wildman–Crippen LogP) is 0.240. The lowest BCUT2D eigenvalue weighted by Gasteiger charge is -2.34. The normalized spacial score (nSPS) is 23.4. The zero-order valence-corrected chi connectivity index (χ0v) is 7.15. The van der Waals surface area contributed by atoms with E-state index in [1.54, 1.807) is 0 Å². The molecule has 1 aliphatic heterocycles. The molecule has 0 aromatic carbocycles. The van der Waals surface area contributed by atoms with Crippen LogP contribution in [-0.4, -0.2) is 24.7 Å². The van der Waals surface area contributed by atoms with Gasteiger partial charge in [0.15, 0.2) is 0 Å². The molecule has 0 bridgehead atoms. The maximum absolute atomic E-state index is 8.82. The van der Waals surface area contributed by atoms with E-state index in [9.17, 15) is 0 Å². The molecule has 0 spiro atoms. The van der Waals surface area contributed by atoms with Crippen LogP contribution in [0.25, 0.3) is 0 Å². The van der Waals surface area contributed by atoms with Gasteiger partial charge in [0.05, 0.1) is 6.07 Å². The molecule has 1 saturated heterocycles. The van der Waals surface area contributed by atoms with Crippen LogP contribution in [0.3, 0.4) is 0 Å². The van der Waals surface area contributed by atoms with Gasteiger partial charge >= 0.3 is 0 Å². The molecular formula is C8H15N3. The maximum Gasteiger partial charge on any atom is 0.103 e. The van der Waals surface area contributed by atoms with E-state index >= 15 is 0 Å². The van der Waals surface area contributed by atoms with E-state index < -0.39 is 0 Å². The number of hydrogen-bond acceptors (Lipinski definition) is 3. The highest BCUT2D eigenvalue weighted by Gasteiger charge is 2.27. The summed E-state index contributed by atoms with van der Waals surface area (Å²) in [6, 6.07) is 2.79. The number of rotatable bonds is 3. The van der Waals surface area contributed by atoms with Gasteiger partial charge < -0.3 is 5.32 Å². The predicted molar refractivity (Wildman–Crippen MR) is 44.1 cm³/mol. The molecule has 62 valence electrons. The van der Waals surface area contributed by atoms with Crippen molar-refractivity contribution < 1.29 is 0 Å². The largest absolute Gasteiger partial charge is 0.314 e. The van der Waals surface area contributed by atoms with Crippen LogP contribution >= 0.6 is 0 Å². The van der Waals surface area contributed by atoms with E-state index in [4.69, 9.17) is 5.26 Å². The fourth-order valence-corrected chi connectivity index (χ4v) is 1.05. The molecule has 1 rings (SSSR count). The average molecular weight is 153 g/mol. The molecule has 0 aromatic heterocycles. The Hall–Kier alpha value is -0.590. The topological polar surface area (TPSA) is 47.9 Å². The Morgan fingerprint density at radius 2 is 2.36 bits per heavy atom. The van der Waals surface area contributed by atoms with Gasteiger partial charge in [-0.1, -0.05) is 6.92 Å². The molecule has 0 saturated carbocycles. The van der Waals surface area contributed by atoms with Crippen LogP contribution in [0.2, 0.25) is 0 Å². The first-order valence-electron chi connectivity index (χ1n) is 4.10. The summed E-state index contributed by atoms with van der Waals surface area (Å²) >= 11 is 0. The molecule has 2 N–H and O–H groups in total. The maximum atomic E-state index is 8.82. The summed E-state index contributed by atoms with van der Waals surface area (Å²) in [6.07, 6.45) is 0.861. The van der Waals surface area contributed by atoms with Gasteiger partial charge in [-0.25, -0.2) is 0 Å². The Morgan fingerprint density at radius 1 is 1.73 bits per heavy atom. The second-order valence-corrected chi connectivity index (χ2v) is 3.30. The third kappa shape index (κ3) is 1.92. The molecule has 3 heteroatoms. The molecule has 1 aliphatic rings. The second-order valence-electron chi connectivity index (χ2n) is 3.30. The summed E-state index contributed by atoms with van der Waals surface area (Å²) < 4.78 is 0. The number of nitrogens with one attached hydrogen (secondary N) is 2. The molecule has 1 fully saturated rings. The zero-order valence-electron chi connectivity index (χ0n) is 7.15. The van der Waals surface area contributed by atoms with Gasteiger partial charge in [-0.3, -0.25) is 5.32 Å². The Balaban J connectivity index is 2.37.